The molecule has 2 aromatic rings. The summed E-state index contributed by atoms with van der Waals surface area (Å²) in [6, 6.07) is 17.4. The van der Waals surface area contributed by atoms with Crippen molar-refractivity contribution in [2.45, 2.75) is 26.3 Å². The molecule has 1 fully saturated rings. The molecule has 0 aliphatic carbocycles. The fourth-order valence-corrected chi connectivity index (χ4v) is 3.12. The van der Waals surface area contributed by atoms with Gasteiger partial charge < -0.3 is 14.5 Å². The Morgan fingerprint density at radius 3 is 2.42 bits per heavy atom. The van der Waals surface area contributed by atoms with Crippen molar-refractivity contribution in [1.82, 2.24) is 4.90 Å². The van der Waals surface area contributed by atoms with Crippen LogP contribution < -0.4 is 9.64 Å². The number of methoxy groups -OCH3 is 1. The van der Waals surface area contributed by atoms with Gasteiger partial charge in [0, 0.05) is 31.4 Å². The Morgan fingerprint density at radius 2 is 1.79 bits per heavy atom. The second-order valence-corrected chi connectivity index (χ2v) is 6.48. The first-order valence-corrected chi connectivity index (χ1v) is 8.97. The highest BCUT2D eigenvalue weighted by Gasteiger charge is 2.12. The van der Waals surface area contributed by atoms with Gasteiger partial charge in [-0.2, -0.15) is 0 Å². The normalized spacial score (nSPS) is 14.2. The van der Waals surface area contributed by atoms with Gasteiger partial charge in [0.2, 0.25) is 0 Å². The van der Waals surface area contributed by atoms with Gasteiger partial charge in [-0.15, -0.1) is 0 Å². The molecule has 0 N–H and O–H groups in total. The van der Waals surface area contributed by atoms with E-state index in [1.54, 1.807) is 7.11 Å². The number of hydrogen-bond acceptors (Lipinski definition) is 3. The molecular weight excluding hydrogens is 296 g/mol. The maximum absolute atomic E-state index is 5.34. The summed E-state index contributed by atoms with van der Waals surface area (Å²) in [5, 5.41) is 0. The van der Waals surface area contributed by atoms with Crippen LogP contribution in [0.4, 0.5) is 5.69 Å². The van der Waals surface area contributed by atoms with Crippen LogP contribution in [0.1, 0.15) is 24.5 Å². The zero-order valence-electron chi connectivity index (χ0n) is 14.9. The highest BCUT2D eigenvalue weighted by Crippen LogP contribution is 2.22. The van der Waals surface area contributed by atoms with Gasteiger partial charge in [-0.25, -0.2) is 0 Å². The van der Waals surface area contributed by atoms with E-state index >= 15 is 0 Å². The van der Waals surface area contributed by atoms with E-state index in [2.05, 4.69) is 59.2 Å². The zero-order valence-corrected chi connectivity index (χ0v) is 14.9. The third kappa shape index (κ3) is 4.30. The Morgan fingerprint density at radius 1 is 1.04 bits per heavy atom. The van der Waals surface area contributed by atoms with Gasteiger partial charge in [0.05, 0.1) is 7.11 Å². The minimum absolute atomic E-state index is 0.910. The highest BCUT2D eigenvalue weighted by atomic mass is 16.5. The summed E-state index contributed by atoms with van der Waals surface area (Å²) in [4.78, 5) is 4.90. The molecular formula is C21H28N2O. The van der Waals surface area contributed by atoms with E-state index in [-0.39, 0.29) is 0 Å². The lowest BCUT2D eigenvalue weighted by atomic mass is 10.1. The first kappa shape index (κ1) is 16.8. The summed E-state index contributed by atoms with van der Waals surface area (Å²) in [7, 11) is 1.72. The van der Waals surface area contributed by atoms with Crippen LogP contribution in [0.25, 0.3) is 0 Å². The molecule has 24 heavy (non-hydrogen) atoms. The maximum atomic E-state index is 5.34. The molecule has 0 radical (unpaired) electrons. The van der Waals surface area contributed by atoms with Crippen molar-refractivity contribution in [1.29, 1.82) is 0 Å². The average molecular weight is 324 g/mol. The lowest BCUT2D eigenvalue weighted by molar-refractivity contribution is 0.184. The molecule has 0 amide bonds. The predicted molar refractivity (Wildman–Crippen MR) is 101 cm³/mol. The van der Waals surface area contributed by atoms with Crippen molar-refractivity contribution < 1.29 is 4.74 Å². The summed E-state index contributed by atoms with van der Waals surface area (Å²) in [6.45, 7) is 7.86. The molecule has 0 bridgehead atoms. The molecule has 1 saturated heterocycles. The van der Waals surface area contributed by atoms with Crippen LogP contribution in [0, 0.1) is 0 Å². The van der Waals surface area contributed by atoms with Crippen LogP contribution >= 0.6 is 0 Å². The van der Waals surface area contributed by atoms with E-state index in [9.17, 15) is 0 Å². The Hall–Kier alpha value is -2.00. The van der Waals surface area contributed by atoms with Gasteiger partial charge in [-0.3, -0.25) is 0 Å². The number of benzene rings is 2. The van der Waals surface area contributed by atoms with Crippen molar-refractivity contribution in [3.8, 4) is 5.75 Å². The molecule has 0 unspecified atom stereocenters. The van der Waals surface area contributed by atoms with Crippen molar-refractivity contribution in [3.63, 3.8) is 0 Å². The lowest BCUT2D eigenvalue weighted by Crippen LogP contribution is -2.38. The number of rotatable bonds is 8. The molecule has 0 saturated carbocycles. The van der Waals surface area contributed by atoms with Crippen LogP contribution in [-0.2, 0) is 13.0 Å². The molecule has 0 atom stereocenters. The number of likely N-dealkylation sites (tertiary alicyclic amines) is 1. The van der Waals surface area contributed by atoms with Gasteiger partial charge in [-0.1, -0.05) is 30.3 Å². The fourth-order valence-electron chi connectivity index (χ4n) is 3.12. The Bertz CT molecular complexity index is 635. The first-order chi connectivity index (χ1) is 11.8. The smallest absolute Gasteiger partial charge is 0.120 e. The molecule has 1 aliphatic heterocycles. The van der Waals surface area contributed by atoms with Gasteiger partial charge in [0.25, 0.3) is 0 Å². The lowest BCUT2D eigenvalue weighted by Gasteiger charge is -2.30. The highest BCUT2D eigenvalue weighted by molar-refractivity contribution is 5.51. The van der Waals surface area contributed by atoms with Crippen molar-refractivity contribution >= 4 is 5.69 Å². The van der Waals surface area contributed by atoms with Gasteiger partial charge in [0.1, 0.15) is 5.75 Å². The Kier molecular flexibility index (Phi) is 5.76. The first-order valence-electron chi connectivity index (χ1n) is 8.97. The van der Waals surface area contributed by atoms with Crippen LogP contribution in [0.3, 0.4) is 0 Å². The van der Waals surface area contributed by atoms with Crippen molar-refractivity contribution in [2.75, 3.05) is 38.2 Å². The second kappa shape index (κ2) is 8.20. The number of ether oxygens (including phenoxy) is 1. The van der Waals surface area contributed by atoms with Crippen molar-refractivity contribution in [2.24, 2.45) is 0 Å². The number of hydrogen-bond donors (Lipinski definition) is 0. The molecule has 0 spiro atoms. The van der Waals surface area contributed by atoms with Gasteiger partial charge >= 0.3 is 0 Å². The molecule has 3 heteroatoms. The summed E-state index contributed by atoms with van der Waals surface area (Å²) >= 11 is 0. The zero-order chi connectivity index (χ0) is 16.8. The van der Waals surface area contributed by atoms with E-state index < -0.39 is 0 Å². The molecule has 128 valence electrons. The molecule has 2 aromatic carbocycles. The molecule has 3 rings (SSSR count). The monoisotopic (exact) mass is 324 g/mol. The number of anilines is 1. The van der Waals surface area contributed by atoms with E-state index in [4.69, 9.17) is 4.74 Å². The largest absolute Gasteiger partial charge is 0.497 e. The predicted octanol–water partition coefficient (Wildman–Crippen LogP) is 3.97. The summed E-state index contributed by atoms with van der Waals surface area (Å²) in [6.07, 6.45) is 2.53. The summed E-state index contributed by atoms with van der Waals surface area (Å²) < 4.78 is 5.34. The van der Waals surface area contributed by atoms with E-state index in [0.29, 0.717) is 0 Å². The fraction of sp³-hybridized carbons (Fsp3) is 0.429. The standard InChI is InChI=1S/C21H28N2O/c1-3-23(20-6-4-7-21(16-20)24-2)17-19-10-8-18(9-11-19)12-15-22-13-5-14-22/h4,6-11,16H,3,5,12-15,17H2,1-2H3. The molecule has 1 heterocycles. The number of nitrogens with zero attached hydrogens (tertiary/aromatic N) is 2. The Balaban J connectivity index is 1.60. The minimum atomic E-state index is 0.910. The second-order valence-electron chi connectivity index (χ2n) is 6.48. The van der Waals surface area contributed by atoms with Crippen LogP contribution in [-0.4, -0.2) is 38.2 Å². The van der Waals surface area contributed by atoms with E-state index in [0.717, 1.165) is 25.3 Å². The summed E-state index contributed by atoms with van der Waals surface area (Å²) in [5.41, 5.74) is 4.00. The molecule has 0 aromatic heterocycles. The van der Waals surface area contributed by atoms with Crippen LogP contribution in [0.5, 0.6) is 5.75 Å². The third-order valence-electron chi connectivity index (χ3n) is 4.86. The van der Waals surface area contributed by atoms with Gasteiger partial charge in [-0.05, 0) is 56.1 Å². The quantitative estimate of drug-likeness (QED) is 0.731. The van der Waals surface area contributed by atoms with Crippen LogP contribution in [0.2, 0.25) is 0 Å². The van der Waals surface area contributed by atoms with Crippen LogP contribution in [0.15, 0.2) is 48.5 Å². The topological polar surface area (TPSA) is 15.7 Å². The van der Waals surface area contributed by atoms with Gasteiger partial charge in [0.15, 0.2) is 0 Å². The third-order valence-corrected chi connectivity index (χ3v) is 4.86. The SMILES string of the molecule is CCN(Cc1ccc(CCN2CCC2)cc1)c1cccc(OC)c1. The molecule has 1 aliphatic rings. The Labute approximate surface area is 145 Å². The van der Waals surface area contributed by atoms with Crippen molar-refractivity contribution in [3.05, 3.63) is 59.7 Å². The van der Waals surface area contributed by atoms with E-state index in [1.807, 2.05) is 6.07 Å². The minimum Gasteiger partial charge on any atom is -0.497 e. The average Bonchev–Trinajstić information content (AvgIpc) is 2.59. The molecule has 3 nitrogen and oxygen atoms in total. The van der Waals surface area contributed by atoms with E-state index in [1.165, 1.54) is 42.9 Å². The summed E-state index contributed by atoms with van der Waals surface area (Å²) in [5.74, 6) is 0.910. The maximum Gasteiger partial charge on any atom is 0.120 e.